The van der Waals surface area contributed by atoms with Gasteiger partial charge in [0.05, 0.1) is 11.2 Å². The molecule has 0 aliphatic carbocycles. The predicted octanol–water partition coefficient (Wildman–Crippen LogP) is 1.78. The molecule has 1 saturated heterocycles. The van der Waals surface area contributed by atoms with Gasteiger partial charge in [0.1, 0.15) is 0 Å². The second-order valence-electron chi connectivity index (χ2n) is 6.65. The van der Waals surface area contributed by atoms with Crippen molar-refractivity contribution in [3.63, 3.8) is 0 Å². The molecule has 1 heterocycles. The monoisotopic (exact) mass is 256 g/mol. The van der Waals surface area contributed by atoms with Crippen LogP contribution in [0.15, 0.2) is 0 Å². The predicted molar refractivity (Wildman–Crippen MR) is 73.3 cm³/mol. The molecule has 1 fully saturated rings. The molecule has 1 aliphatic rings. The van der Waals surface area contributed by atoms with E-state index in [-0.39, 0.29) is 23.0 Å². The molecule has 0 radical (unpaired) electrons. The van der Waals surface area contributed by atoms with Crippen LogP contribution in [0.2, 0.25) is 0 Å². The van der Waals surface area contributed by atoms with Crippen molar-refractivity contribution in [2.75, 3.05) is 19.6 Å². The molecular formula is C14H28N2O2. The fraction of sp³-hybridized carbons (Fsp3) is 0.929. The number of carbonyl (C=O) groups excluding carboxylic acids is 1. The van der Waals surface area contributed by atoms with Crippen molar-refractivity contribution in [1.82, 2.24) is 4.90 Å². The van der Waals surface area contributed by atoms with Crippen LogP contribution in [0.5, 0.6) is 0 Å². The SMILES string of the molecule is CC(CCCN)C(=O)N1CC(C)(C)OC(C)(C)C1. The molecule has 2 N–H and O–H groups in total. The van der Waals surface area contributed by atoms with Crippen molar-refractivity contribution in [3.8, 4) is 0 Å². The van der Waals surface area contributed by atoms with Gasteiger partial charge in [-0.05, 0) is 47.1 Å². The van der Waals surface area contributed by atoms with Crippen LogP contribution in [0.25, 0.3) is 0 Å². The largest absolute Gasteiger partial charge is 0.366 e. The molecule has 1 atom stereocenters. The third-order valence-corrected chi connectivity index (χ3v) is 3.27. The molecule has 0 saturated carbocycles. The van der Waals surface area contributed by atoms with Gasteiger partial charge in [-0.25, -0.2) is 0 Å². The fourth-order valence-electron chi connectivity index (χ4n) is 2.80. The normalized spacial score (nSPS) is 23.8. The number of rotatable bonds is 4. The third kappa shape index (κ3) is 4.25. The van der Waals surface area contributed by atoms with E-state index in [0.29, 0.717) is 19.6 Å². The summed E-state index contributed by atoms with van der Waals surface area (Å²) in [5.41, 5.74) is 4.95. The molecule has 18 heavy (non-hydrogen) atoms. The maximum Gasteiger partial charge on any atom is 0.225 e. The zero-order chi connectivity index (χ0) is 14.0. The number of nitrogens with two attached hydrogens (primary N) is 1. The highest BCUT2D eigenvalue weighted by Gasteiger charge is 2.40. The maximum absolute atomic E-state index is 12.4. The molecule has 106 valence electrons. The first-order valence-electron chi connectivity index (χ1n) is 6.86. The van der Waals surface area contributed by atoms with Gasteiger partial charge in [0.15, 0.2) is 0 Å². The Morgan fingerprint density at radius 2 is 1.78 bits per heavy atom. The Bertz CT molecular complexity index is 284. The lowest BCUT2D eigenvalue weighted by atomic mass is 9.96. The van der Waals surface area contributed by atoms with Gasteiger partial charge in [-0.1, -0.05) is 6.92 Å². The van der Waals surface area contributed by atoms with Crippen LogP contribution in [0.3, 0.4) is 0 Å². The lowest BCUT2D eigenvalue weighted by Gasteiger charge is -2.47. The molecular weight excluding hydrogens is 228 g/mol. The summed E-state index contributed by atoms with van der Waals surface area (Å²) >= 11 is 0. The van der Waals surface area contributed by atoms with Gasteiger partial charge in [-0.15, -0.1) is 0 Å². The highest BCUT2D eigenvalue weighted by Crippen LogP contribution is 2.29. The molecule has 1 unspecified atom stereocenters. The smallest absolute Gasteiger partial charge is 0.225 e. The quantitative estimate of drug-likeness (QED) is 0.834. The van der Waals surface area contributed by atoms with Crippen LogP contribution in [-0.2, 0) is 9.53 Å². The number of carbonyl (C=O) groups is 1. The highest BCUT2D eigenvalue weighted by atomic mass is 16.5. The van der Waals surface area contributed by atoms with E-state index in [1.54, 1.807) is 0 Å². The third-order valence-electron chi connectivity index (χ3n) is 3.27. The minimum Gasteiger partial charge on any atom is -0.366 e. The fourth-order valence-corrected chi connectivity index (χ4v) is 2.80. The molecule has 4 nitrogen and oxygen atoms in total. The topological polar surface area (TPSA) is 55.6 Å². The number of hydrogen-bond acceptors (Lipinski definition) is 3. The standard InChI is InChI=1S/C14H28N2O2/c1-11(7-6-8-15)12(17)16-9-13(2,3)18-14(4,5)10-16/h11H,6-10,15H2,1-5H3. The Hall–Kier alpha value is -0.610. The summed E-state index contributed by atoms with van der Waals surface area (Å²) in [7, 11) is 0. The lowest BCUT2D eigenvalue weighted by Crippen LogP contribution is -2.59. The summed E-state index contributed by atoms with van der Waals surface area (Å²) in [6.07, 6.45) is 1.78. The maximum atomic E-state index is 12.4. The molecule has 0 aromatic rings. The summed E-state index contributed by atoms with van der Waals surface area (Å²) in [6, 6.07) is 0. The minimum atomic E-state index is -0.273. The molecule has 1 aliphatic heterocycles. The summed E-state index contributed by atoms with van der Waals surface area (Å²) in [5.74, 6) is 0.283. The summed E-state index contributed by atoms with van der Waals surface area (Å²) < 4.78 is 5.99. The zero-order valence-electron chi connectivity index (χ0n) is 12.5. The van der Waals surface area contributed by atoms with Crippen molar-refractivity contribution in [2.24, 2.45) is 11.7 Å². The van der Waals surface area contributed by atoms with E-state index in [2.05, 4.69) is 0 Å². The number of amides is 1. The first kappa shape index (κ1) is 15.4. The van der Waals surface area contributed by atoms with Crippen molar-refractivity contribution in [3.05, 3.63) is 0 Å². The zero-order valence-corrected chi connectivity index (χ0v) is 12.5. The summed E-state index contributed by atoms with van der Waals surface area (Å²) in [6.45, 7) is 12.1. The number of morpholine rings is 1. The van der Waals surface area contributed by atoms with Crippen LogP contribution in [-0.4, -0.2) is 41.6 Å². The van der Waals surface area contributed by atoms with Crippen molar-refractivity contribution >= 4 is 5.91 Å². The molecule has 0 bridgehead atoms. The Labute approximate surface area is 111 Å². The van der Waals surface area contributed by atoms with Crippen molar-refractivity contribution in [2.45, 2.75) is 58.7 Å². The average Bonchev–Trinajstić information content (AvgIpc) is 2.20. The molecule has 0 spiro atoms. The van der Waals surface area contributed by atoms with E-state index < -0.39 is 0 Å². The van der Waals surface area contributed by atoms with Gasteiger partial charge in [0.2, 0.25) is 5.91 Å². The van der Waals surface area contributed by atoms with Crippen molar-refractivity contribution < 1.29 is 9.53 Å². The van der Waals surface area contributed by atoms with Crippen LogP contribution < -0.4 is 5.73 Å². The molecule has 4 heteroatoms. The van der Waals surface area contributed by atoms with E-state index in [1.807, 2.05) is 39.5 Å². The van der Waals surface area contributed by atoms with Crippen LogP contribution in [0.1, 0.15) is 47.5 Å². The van der Waals surface area contributed by atoms with Gasteiger partial charge >= 0.3 is 0 Å². The second kappa shape index (κ2) is 5.57. The Kier molecular flexibility index (Phi) is 4.78. The number of nitrogens with zero attached hydrogens (tertiary/aromatic N) is 1. The van der Waals surface area contributed by atoms with Gasteiger partial charge in [0, 0.05) is 19.0 Å². The Balaban J connectivity index is 2.67. The van der Waals surface area contributed by atoms with Crippen molar-refractivity contribution in [1.29, 1.82) is 0 Å². The summed E-state index contributed by atoms with van der Waals surface area (Å²) in [5, 5.41) is 0. The molecule has 0 aromatic carbocycles. The van der Waals surface area contributed by atoms with E-state index in [9.17, 15) is 4.79 Å². The first-order valence-corrected chi connectivity index (χ1v) is 6.86. The van der Waals surface area contributed by atoms with Crippen LogP contribution >= 0.6 is 0 Å². The van der Waals surface area contributed by atoms with Gasteiger partial charge in [-0.3, -0.25) is 4.79 Å². The number of hydrogen-bond donors (Lipinski definition) is 1. The lowest BCUT2D eigenvalue weighted by molar-refractivity contribution is -0.189. The molecule has 1 amide bonds. The molecule has 1 rings (SSSR count). The van der Waals surface area contributed by atoms with Crippen LogP contribution in [0.4, 0.5) is 0 Å². The Morgan fingerprint density at radius 3 is 2.22 bits per heavy atom. The van der Waals surface area contributed by atoms with Gasteiger partial charge < -0.3 is 15.4 Å². The van der Waals surface area contributed by atoms with Gasteiger partial charge in [-0.2, -0.15) is 0 Å². The van der Waals surface area contributed by atoms with E-state index in [4.69, 9.17) is 10.5 Å². The average molecular weight is 256 g/mol. The van der Waals surface area contributed by atoms with Crippen LogP contribution in [0, 0.1) is 5.92 Å². The van der Waals surface area contributed by atoms with E-state index in [1.165, 1.54) is 0 Å². The van der Waals surface area contributed by atoms with Gasteiger partial charge in [0.25, 0.3) is 0 Å². The minimum absolute atomic E-state index is 0.0539. The first-order chi connectivity index (χ1) is 8.17. The Morgan fingerprint density at radius 1 is 1.28 bits per heavy atom. The second-order valence-corrected chi connectivity index (χ2v) is 6.65. The number of ether oxygens (including phenoxy) is 1. The highest BCUT2D eigenvalue weighted by molar-refractivity contribution is 5.78. The van der Waals surface area contributed by atoms with E-state index >= 15 is 0 Å². The molecule has 0 aromatic heterocycles. The summed E-state index contributed by atoms with van der Waals surface area (Å²) in [4.78, 5) is 14.4. The van der Waals surface area contributed by atoms with E-state index in [0.717, 1.165) is 12.8 Å².